The summed E-state index contributed by atoms with van der Waals surface area (Å²) in [5.74, 6) is -0.680. The predicted molar refractivity (Wildman–Crippen MR) is 93.1 cm³/mol. The zero-order valence-corrected chi connectivity index (χ0v) is 14.2. The minimum atomic E-state index is -0.394. The topological polar surface area (TPSA) is 68.2 Å². The lowest BCUT2D eigenvalue weighted by Gasteiger charge is -2.18. The minimum Gasteiger partial charge on any atom is -0.383 e. The second-order valence-corrected chi connectivity index (χ2v) is 6.04. The van der Waals surface area contributed by atoms with Crippen molar-refractivity contribution in [2.24, 2.45) is 0 Å². The van der Waals surface area contributed by atoms with Crippen molar-refractivity contribution in [2.45, 2.75) is 0 Å². The summed E-state index contributed by atoms with van der Waals surface area (Å²) < 4.78 is 18.2. The van der Waals surface area contributed by atoms with Crippen LogP contribution >= 0.6 is 11.3 Å². The first kappa shape index (κ1) is 17.1. The average molecular weight is 358 g/mol. The van der Waals surface area contributed by atoms with E-state index in [-0.39, 0.29) is 5.91 Å². The van der Waals surface area contributed by atoms with E-state index in [2.05, 4.69) is 15.2 Å². The third-order valence-corrected chi connectivity index (χ3v) is 4.40. The Kier molecular flexibility index (Phi) is 5.42. The molecule has 6 nitrogen and oxygen atoms in total. The van der Waals surface area contributed by atoms with E-state index in [1.54, 1.807) is 19.5 Å². The molecule has 128 valence electrons. The molecule has 2 heterocycles. The largest absolute Gasteiger partial charge is 0.383 e. The molecule has 3 rings (SSSR count). The Morgan fingerprint density at radius 3 is 2.72 bits per heavy atom. The molecule has 0 bridgehead atoms. The summed E-state index contributed by atoms with van der Waals surface area (Å²) in [6.07, 6.45) is 3.36. The normalized spacial score (nSPS) is 10.6. The van der Waals surface area contributed by atoms with Crippen molar-refractivity contribution in [1.29, 1.82) is 0 Å². The number of halogens is 1. The van der Waals surface area contributed by atoms with E-state index in [0.717, 1.165) is 5.56 Å². The molecule has 8 heteroatoms. The van der Waals surface area contributed by atoms with Gasteiger partial charge in [-0.1, -0.05) is 11.3 Å². The number of nitrogens with zero attached hydrogens (tertiary/aromatic N) is 4. The summed E-state index contributed by atoms with van der Waals surface area (Å²) in [5.41, 5.74) is 1.20. The van der Waals surface area contributed by atoms with Crippen LogP contribution in [0.15, 0.2) is 48.8 Å². The molecule has 0 atom stereocenters. The number of hydrogen-bond donors (Lipinski definition) is 0. The molecular weight excluding hydrogens is 343 g/mol. The van der Waals surface area contributed by atoms with Crippen molar-refractivity contribution in [2.75, 3.05) is 25.2 Å². The maximum Gasteiger partial charge on any atom is 0.260 e. The number of aromatic nitrogens is 3. The second kappa shape index (κ2) is 7.91. The van der Waals surface area contributed by atoms with Crippen LogP contribution in [0.2, 0.25) is 0 Å². The van der Waals surface area contributed by atoms with Gasteiger partial charge in [-0.05, 0) is 36.4 Å². The Labute approximate surface area is 147 Å². The van der Waals surface area contributed by atoms with Crippen LogP contribution in [0.25, 0.3) is 10.6 Å². The number of rotatable bonds is 6. The van der Waals surface area contributed by atoms with Crippen molar-refractivity contribution < 1.29 is 13.9 Å². The minimum absolute atomic E-state index is 0.286. The van der Waals surface area contributed by atoms with Crippen LogP contribution in [-0.2, 0) is 4.74 Å². The smallest absolute Gasteiger partial charge is 0.260 e. The number of hydrogen-bond acceptors (Lipinski definition) is 6. The van der Waals surface area contributed by atoms with Gasteiger partial charge in [-0.25, -0.2) is 4.39 Å². The first-order chi connectivity index (χ1) is 12.2. The van der Waals surface area contributed by atoms with E-state index in [4.69, 9.17) is 4.74 Å². The molecule has 0 aliphatic heterocycles. The number of carbonyl (C=O) groups is 1. The number of anilines is 1. The van der Waals surface area contributed by atoms with E-state index >= 15 is 0 Å². The molecule has 0 spiro atoms. The summed E-state index contributed by atoms with van der Waals surface area (Å²) in [5, 5.41) is 9.38. The van der Waals surface area contributed by atoms with E-state index in [9.17, 15) is 9.18 Å². The molecule has 25 heavy (non-hydrogen) atoms. The van der Waals surface area contributed by atoms with Gasteiger partial charge in [-0.3, -0.25) is 14.7 Å². The first-order valence-electron chi connectivity index (χ1n) is 7.49. The fourth-order valence-corrected chi connectivity index (χ4v) is 3.00. The van der Waals surface area contributed by atoms with E-state index in [1.807, 2.05) is 12.1 Å². The van der Waals surface area contributed by atoms with Gasteiger partial charge in [0.15, 0.2) is 5.01 Å². The van der Waals surface area contributed by atoms with Gasteiger partial charge in [0.1, 0.15) is 5.82 Å². The zero-order valence-electron chi connectivity index (χ0n) is 13.4. The van der Waals surface area contributed by atoms with Crippen LogP contribution in [0.3, 0.4) is 0 Å². The Morgan fingerprint density at radius 2 is 2.04 bits per heavy atom. The predicted octanol–water partition coefficient (Wildman–Crippen LogP) is 3.03. The number of pyridine rings is 1. The quantitative estimate of drug-likeness (QED) is 0.677. The Bertz CT molecular complexity index is 839. The molecule has 2 aromatic heterocycles. The van der Waals surface area contributed by atoms with Gasteiger partial charge in [-0.15, -0.1) is 10.2 Å². The fraction of sp³-hybridized carbons (Fsp3) is 0.176. The fourth-order valence-electron chi connectivity index (χ4n) is 2.15. The Morgan fingerprint density at radius 1 is 1.24 bits per heavy atom. The lowest BCUT2D eigenvalue weighted by molar-refractivity contribution is 0.0975. The standard InChI is InChI=1S/C17H15FN4O2S/c1-24-10-9-22(16(23)12-4-6-14(18)7-5-12)17-21-20-15(25-17)13-3-2-8-19-11-13/h2-8,11H,9-10H2,1H3. The van der Waals surface area contributed by atoms with Crippen molar-refractivity contribution in [1.82, 2.24) is 15.2 Å². The zero-order chi connectivity index (χ0) is 17.6. The van der Waals surface area contributed by atoms with Gasteiger partial charge < -0.3 is 4.74 Å². The maximum absolute atomic E-state index is 13.1. The number of amides is 1. The van der Waals surface area contributed by atoms with Gasteiger partial charge in [0.2, 0.25) is 5.13 Å². The lowest BCUT2D eigenvalue weighted by atomic mass is 10.2. The second-order valence-electron chi connectivity index (χ2n) is 5.09. The molecule has 0 radical (unpaired) electrons. The number of carbonyl (C=O) groups excluding carboxylic acids is 1. The van der Waals surface area contributed by atoms with E-state index < -0.39 is 5.82 Å². The Balaban J connectivity index is 1.89. The van der Waals surface area contributed by atoms with Crippen LogP contribution in [-0.4, -0.2) is 41.3 Å². The Hall–Kier alpha value is -2.71. The summed E-state index contributed by atoms with van der Waals surface area (Å²) in [7, 11) is 1.56. The average Bonchev–Trinajstić information content (AvgIpc) is 3.13. The number of benzene rings is 1. The summed E-state index contributed by atoms with van der Waals surface area (Å²) in [4.78, 5) is 18.3. The highest BCUT2D eigenvalue weighted by molar-refractivity contribution is 7.18. The molecule has 0 saturated heterocycles. The molecule has 0 aliphatic rings. The summed E-state index contributed by atoms with van der Waals surface area (Å²) >= 11 is 1.28. The first-order valence-corrected chi connectivity index (χ1v) is 8.31. The van der Waals surface area contributed by atoms with Crippen LogP contribution < -0.4 is 4.90 Å². The number of methoxy groups -OCH3 is 1. The molecule has 3 aromatic rings. The van der Waals surface area contributed by atoms with Gasteiger partial charge in [0.05, 0.1) is 13.2 Å². The lowest BCUT2D eigenvalue weighted by Crippen LogP contribution is -2.33. The molecule has 0 fully saturated rings. The van der Waals surface area contributed by atoms with Crippen LogP contribution in [0.4, 0.5) is 9.52 Å². The molecule has 1 amide bonds. The van der Waals surface area contributed by atoms with Crippen molar-refractivity contribution in [3.05, 3.63) is 60.2 Å². The van der Waals surface area contributed by atoms with Crippen LogP contribution in [0.1, 0.15) is 10.4 Å². The highest BCUT2D eigenvalue weighted by Crippen LogP contribution is 2.29. The molecule has 0 aliphatic carbocycles. The van der Waals surface area contributed by atoms with E-state index in [1.165, 1.54) is 40.5 Å². The van der Waals surface area contributed by atoms with Crippen molar-refractivity contribution in [3.63, 3.8) is 0 Å². The van der Waals surface area contributed by atoms with Gasteiger partial charge in [0.25, 0.3) is 5.91 Å². The molecule has 0 N–H and O–H groups in total. The van der Waals surface area contributed by atoms with Crippen molar-refractivity contribution >= 4 is 22.4 Å². The molecule has 0 unspecified atom stereocenters. The molecule has 0 saturated carbocycles. The summed E-state index contributed by atoms with van der Waals surface area (Å²) in [6, 6.07) is 9.08. The highest BCUT2D eigenvalue weighted by Gasteiger charge is 2.22. The van der Waals surface area contributed by atoms with Gasteiger partial charge in [0, 0.05) is 30.6 Å². The van der Waals surface area contributed by atoms with Crippen LogP contribution in [0, 0.1) is 5.82 Å². The molecule has 1 aromatic carbocycles. The van der Waals surface area contributed by atoms with Crippen molar-refractivity contribution in [3.8, 4) is 10.6 Å². The third kappa shape index (κ3) is 4.04. The molecular formula is C17H15FN4O2S. The van der Waals surface area contributed by atoms with Crippen LogP contribution in [0.5, 0.6) is 0 Å². The maximum atomic E-state index is 13.1. The monoisotopic (exact) mass is 358 g/mol. The summed E-state index contributed by atoms with van der Waals surface area (Å²) in [6.45, 7) is 0.656. The highest BCUT2D eigenvalue weighted by atomic mass is 32.1. The van der Waals surface area contributed by atoms with Gasteiger partial charge >= 0.3 is 0 Å². The number of ether oxygens (including phenoxy) is 1. The van der Waals surface area contributed by atoms with E-state index in [0.29, 0.717) is 28.9 Å². The van der Waals surface area contributed by atoms with Gasteiger partial charge in [-0.2, -0.15) is 0 Å². The third-order valence-electron chi connectivity index (χ3n) is 3.41. The SMILES string of the molecule is COCCN(C(=O)c1ccc(F)cc1)c1nnc(-c2cccnc2)s1.